The van der Waals surface area contributed by atoms with E-state index in [2.05, 4.69) is 12.2 Å². The van der Waals surface area contributed by atoms with E-state index < -0.39 is 0 Å². The van der Waals surface area contributed by atoms with Gasteiger partial charge in [-0.2, -0.15) is 0 Å². The first kappa shape index (κ1) is 10.7. The van der Waals surface area contributed by atoms with Gasteiger partial charge in [0.25, 0.3) is 0 Å². The van der Waals surface area contributed by atoms with Crippen molar-refractivity contribution in [3.05, 3.63) is 12.2 Å². The van der Waals surface area contributed by atoms with Gasteiger partial charge in [0.1, 0.15) is 0 Å². The van der Waals surface area contributed by atoms with E-state index >= 15 is 0 Å². The van der Waals surface area contributed by atoms with Crippen LogP contribution in [0.3, 0.4) is 0 Å². The third kappa shape index (κ3) is 9.66. The summed E-state index contributed by atoms with van der Waals surface area (Å²) in [6, 6.07) is 0. The van der Waals surface area contributed by atoms with Crippen LogP contribution < -0.4 is 0 Å². The molecular formula is C9H18O2. The fourth-order valence-electron chi connectivity index (χ4n) is 0.819. The zero-order valence-electron chi connectivity index (χ0n) is 7.00. The SMILES string of the molecule is OCCCC=CCCCCO. The summed E-state index contributed by atoms with van der Waals surface area (Å²) in [5.41, 5.74) is 0. The van der Waals surface area contributed by atoms with E-state index in [1.54, 1.807) is 0 Å². The van der Waals surface area contributed by atoms with Crippen molar-refractivity contribution in [2.45, 2.75) is 32.1 Å². The summed E-state index contributed by atoms with van der Waals surface area (Å²) in [5.74, 6) is 0. The summed E-state index contributed by atoms with van der Waals surface area (Å²) in [6.07, 6.45) is 9.04. The van der Waals surface area contributed by atoms with Gasteiger partial charge in [-0.25, -0.2) is 0 Å². The Morgan fingerprint density at radius 3 is 1.82 bits per heavy atom. The highest BCUT2D eigenvalue weighted by Crippen LogP contribution is 1.97. The summed E-state index contributed by atoms with van der Waals surface area (Å²) in [4.78, 5) is 0. The molecule has 0 atom stereocenters. The lowest BCUT2D eigenvalue weighted by atomic mass is 10.2. The van der Waals surface area contributed by atoms with Crippen LogP contribution in [0.2, 0.25) is 0 Å². The molecule has 0 saturated heterocycles. The van der Waals surface area contributed by atoms with Crippen molar-refractivity contribution in [3.63, 3.8) is 0 Å². The highest BCUT2D eigenvalue weighted by Gasteiger charge is 1.82. The number of aliphatic hydroxyl groups is 2. The number of hydrogen-bond donors (Lipinski definition) is 2. The molecule has 66 valence electrons. The molecule has 0 radical (unpaired) electrons. The van der Waals surface area contributed by atoms with Crippen LogP contribution in [0.4, 0.5) is 0 Å². The Bertz CT molecular complexity index is 89.6. The third-order valence-corrected chi connectivity index (χ3v) is 1.47. The molecule has 2 N–H and O–H groups in total. The first-order valence-electron chi connectivity index (χ1n) is 4.28. The zero-order valence-corrected chi connectivity index (χ0v) is 7.00. The second kappa shape index (κ2) is 9.66. The van der Waals surface area contributed by atoms with Gasteiger partial charge in [0.05, 0.1) is 0 Å². The summed E-state index contributed by atoms with van der Waals surface area (Å²) in [6.45, 7) is 0.575. The first-order chi connectivity index (χ1) is 5.41. The standard InChI is InChI=1S/C9H18O2/c10-8-6-4-2-1-3-5-7-9-11/h1-2,10-11H,3-9H2. The molecule has 0 saturated carbocycles. The summed E-state index contributed by atoms with van der Waals surface area (Å²) < 4.78 is 0. The molecule has 0 aromatic rings. The quantitative estimate of drug-likeness (QED) is 0.435. The molecule has 0 aliphatic carbocycles. The van der Waals surface area contributed by atoms with Crippen LogP contribution in [-0.2, 0) is 0 Å². The predicted molar refractivity (Wildman–Crippen MR) is 46.4 cm³/mol. The Kier molecular flexibility index (Phi) is 9.36. The second-order valence-corrected chi connectivity index (χ2v) is 2.56. The highest BCUT2D eigenvalue weighted by atomic mass is 16.3. The van der Waals surface area contributed by atoms with Crippen molar-refractivity contribution >= 4 is 0 Å². The molecule has 0 rings (SSSR count). The van der Waals surface area contributed by atoms with Gasteiger partial charge in [-0.05, 0) is 32.1 Å². The average molecular weight is 158 g/mol. The lowest BCUT2D eigenvalue weighted by molar-refractivity contribution is 0.285. The van der Waals surface area contributed by atoms with Crippen LogP contribution in [0.5, 0.6) is 0 Å². The molecule has 0 heterocycles. The molecular weight excluding hydrogens is 140 g/mol. The molecule has 0 aliphatic heterocycles. The van der Waals surface area contributed by atoms with Gasteiger partial charge in [-0.3, -0.25) is 0 Å². The van der Waals surface area contributed by atoms with Crippen molar-refractivity contribution in [1.82, 2.24) is 0 Å². The van der Waals surface area contributed by atoms with Gasteiger partial charge in [0.2, 0.25) is 0 Å². The molecule has 0 bridgehead atoms. The van der Waals surface area contributed by atoms with Gasteiger partial charge in [-0.15, -0.1) is 0 Å². The lowest BCUT2D eigenvalue weighted by Gasteiger charge is -1.91. The number of allylic oxidation sites excluding steroid dienone is 2. The maximum absolute atomic E-state index is 8.45. The molecule has 0 fully saturated rings. The van der Waals surface area contributed by atoms with E-state index in [1.807, 2.05) is 0 Å². The van der Waals surface area contributed by atoms with Crippen LogP contribution in [0.1, 0.15) is 32.1 Å². The largest absolute Gasteiger partial charge is 0.396 e. The van der Waals surface area contributed by atoms with E-state index in [4.69, 9.17) is 10.2 Å². The van der Waals surface area contributed by atoms with Crippen LogP contribution in [-0.4, -0.2) is 23.4 Å². The fraction of sp³-hybridized carbons (Fsp3) is 0.778. The molecule has 0 spiro atoms. The van der Waals surface area contributed by atoms with E-state index in [9.17, 15) is 0 Å². The fourth-order valence-corrected chi connectivity index (χ4v) is 0.819. The van der Waals surface area contributed by atoms with Crippen molar-refractivity contribution in [1.29, 1.82) is 0 Å². The highest BCUT2D eigenvalue weighted by molar-refractivity contribution is 4.80. The van der Waals surface area contributed by atoms with Crippen LogP contribution in [0.25, 0.3) is 0 Å². The van der Waals surface area contributed by atoms with E-state index in [0.717, 1.165) is 32.1 Å². The van der Waals surface area contributed by atoms with Crippen LogP contribution >= 0.6 is 0 Å². The minimum Gasteiger partial charge on any atom is -0.396 e. The average Bonchev–Trinajstić information content (AvgIpc) is 2.03. The van der Waals surface area contributed by atoms with Gasteiger partial charge in [0.15, 0.2) is 0 Å². The molecule has 2 heteroatoms. The van der Waals surface area contributed by atoms with E-state index in [-0.39, 0.29) is 6.61 Å². The number of aliphatic hydroxyl groups excluding tert-OH is 2. The molecule has 0 unspecified atom stereocenters. The zero-order chi connectivity index (χ0) is 8.36. The van der Waals surface area contributed by atoms with Crippen LogP contribution in [0, 0.1) is 0 Å². The minimum absolute atomic E-state index is 0.279. The van der Waals surface area contributed by atoms with Gasteiger partial charge in [0, 0.05) is 13.2 Å². The van der Waals surface area contributed by atoms with Crippen molar-refractivity contribution in [3.8, 4) is 0 Å². The minimum atomic E-state index is 0.279. The third-order valence-electron chi connectivity index (χ3n) is 1.47. The maximum atomic E-state index is 8.45. The Hall–Kier alpha value is -0.340. The molecule has 0 aliphatic rings. The summed E-state index contributed by atoms with van der Waals surface area (Å²) in [7, 11) is 0. The molecule has 11 heavy (non-hydrogen) atoms. The Balaban J connectivity index is 2.91. The normalized spacial score (nSPS) is 11.1. The van der Waals surface area contributed by atoms with Gasteiger partial charge in [-0.1, -0.05) is 12.2 Å². The smallest absolute Gasteiger partial charge is 0.0433 e. The number of hydrogen-bond acceptors (Lipinski definition) is 2. The van der Waals surface area contributed by atoms with E-state index in [1.165, 1.54) is 0 Å². The Morgan fingerprint density at radius 1 is 0.727 bits per heavy atom. The maximum Gasteiger partial charge on any atom is 0.0433 e. The summed E-state index contributed by atoms with van der Waals surface area (Å²) >= 11 is 0. The van der Waals surface area contributed by atoms with E-state index in [0.29, 0.717) is 6.61 Å². The number of unbranched alkanes of at least 4 members (excludes halogenated alkanes) is 3. The monoisotopic (exact) mass is 158 g/mol. The summed E-state index contributed by atoms with van der Waals surface area (Å²) in [5, 5.41) is 16.9. The van der Waals surface area contributed by atoms with Crippen molar-refractivity contribution in [2.24, 2.45) is 0 Å². The van der Waals surface area contributed by atoms with Crippen LogP contribution in [0.15, 0.2) is 12.2 Å². The van der Waals surface area contributed by atoms with Gasteiger partial charge < -0.3 is 10.2 Å². The molecule has 0 aromatic carbocycles. The number of rotatable bonds is 7. The Labute approximate surface area is 68.6 Å². The van der Waals surface area contributed by atoms with Gasteiger partial charge >= 0.3 is 0 Å². The second-order valence-electron chi connectivity index (χ2n) is 2.56. The molecule has 2 nitrogen and oxygen atoms in total. The molecule has 0 amide bonds. The van der Waals surface area contributed by atoms with Crippen molar-refractivity contribution < 1.29 is 10.2 Å². The first-order valence-corrected chi connectivity index (χ1v) is 4.28. The molecule has 0 aromatic heterocycles. The predicted octanol–water partition coefficient (Wildman–Crippen LogP) is 1.48. The lowest BCUT2D eigenvalue weighted by Crippen LogP contribution is -1.81. The van der Waals surface area contributed by atoms with Crippen molar-refractivity contribution in [2.75, 3.05) is 13.2 Å². The Morgan fingerprint density at radius 2 is 1.27 bits per heavy atom. The topological polar surface area (TPSA) is 40.5 Å².